The standard InChI is InChI=1S/C12H8N4O3/c13-10-3-4-14-6-9(10)12-8-5-7(16(17)18)1-2-11(8)19-15-12/h1-6H,(H2,13,14). The van der Waals surface area contributed by atoms with Crippen molar-refractivity contribution in [3.63, 3.8) is 0 Å². The molecule has 3 rings (SSSR count). The maximum Gasteiger partial charge on any atom is 0.270 e. The number of nitrogens with zero attached hydrogens (tertiary/aromatic N) is 3. The molecule has 0 aliphatic rings. The molecule has 0 amide bonds. The number of anilines is 1. The molecule has 0 saturated carbocycles. The van der Waals surface area contributed by atoms with Crippen molar-refractivity contribution in [2.45, 2.75) is 0 Å². The average Bonchev–Trinajstić information content (AvgIpc) is 2.82. The minimum absolute atomic E-state index is 0.0283. The van der Waals surface area contributed by atoms with Crippen molar-refractivity contribution in [2.75, 3.05) is 5.73 Å². The molecule has 0 aliphatic carbocycles. The molecule has 0 bridgehead atoms. The van der Waals surface area contributed by atoms with Gasteiger partial charge in [0.25, 0.3) is 5.69 Å². The monoisotopic (exact) mass is 256 g/mol. The first-order chi connectivity index (χ1) is 9.16. The van der Waals surface area contributed by atoms with Gasteiger partial charge in [0.1, 0.15) is 5.69 Å². The van der Waals surface area contributed by atoms with Gasteiger partial charge in [-0.05, 0) is 12.1 Å². The van der Waals surface area contributed by atoms with E-state index in [1.807, 2.05) is 0 Å². The molecule has 0 fully saturated rings. The molecule has 0 atom stereocenters. The lowest BCUT2D eigenvalue weighted by Gasteiger charge is -2.00. The van der Waals surface area contributed by atoms with E-state index in [-0.39, 0.29) is 5.69 Å². The van der Waals surface area contributed by atoms with Crippen LogP contribution in [0.1, 0.15) is 0 Å². The highest BCUT2D eigenvalue weighted by Crippen LogP contribution is 2.32. The second-order valence-electron chi connectivity index (χ2n) is 3.93. The number of nitrogen functional groups attached to an aromatic ring is 1. The number of nitro groups is 1. The molecular weight excluding hydrogens is 248 g/mol. The predicted molar refractivity (Wildman–Crippen MR) is 68.3 cm³/mol. The van der Waals surface area contributed by atoms with Gasteiger partial charge in [-0.3, -0.25) is 15.1 Å². The van der Waals surface area contributed by atoms with Gasteiger partial charge in [0.2, 0.25) is 0 Å². The highest BCUT2D eigenvalue weighted by Gasteiger charge is 2.16. The van der Waals surface area contributed by atoms with Crippen LogP contribution in [0.5, 0.6) is 0 Å². The van der Waals surface area contributed by atoms with Gasteiger partial charge in [-0.25, -0.2) is 0 Å². The summed E-state index contributed by atoms with van der Waals surface area (Å²) in [6.07, 6.45) is 3.11. The summed E-state index contributed by atoms with van der Waals surface area (Å²) in [6.45, 7) is 0. The first kappa shape index (κ1) is 11.1. The maximum absolute atomic E-state index is 10.8. The number of fused-ring (bicyclic) bond motifs is 1. The third-order valence-corrected chi connectivity index (χ3v) is 2.77. The summed E-state index contributed by atoms with van der Waals surface area (Å²) in [6, 6.07) is 5.92. The number of aromatic nitrogens is 2. The van der Waals surface area contributed by atoms with E-state index in [1.165, 1.54) is 18.2 Å². The molecule has 3 aromatic rings. The minimum Gasteiger partial charge on any atom is -0.398 e. The van der Waals surface area contributed by atoms with Crippen molar-refractivity contribution < 1.29 is 9.45 Å². The zero-order valence-corrected chi connectivity index (χ0v) is 9.61. The zero-order valence-electron chi connectivity index (χ0n) is 9.61. The predicted octanol–water partition coefficient (Wildman–Crippen LogP) is 2.38. The number of benzene rings is 1. The molecule has 0 aliphatic heterocycles. The molecule has 0 radical (unpaired) electrons. The molecule has 0 spiro atoms. The molecule has 94 valence electrons. The Bertz CT molecular complexity index is 781. The number of rotatable bonds is 2. The van der Waals surface area contributed by atoms with E-state index in [0.29, 0.717) is 27.9 Å². The normalized spacial score (nSPS) is 10.7. The van der Waals surface area contributed by atoms with Crippen molar-refractivity contribution in [2.24, 2.45) is 0 Å². The molecule has 0 unspecified atom stereocenters. The van der Waals surface area contributed by atoms with Crippen LogP contribution in [-0.4, -0.2) is 15.1 Å². The van der Waals surface area contributed by atoms with E-state index in [1.54, 1.807) is 18.5 Å². The third kappa shape index (κ3) is 1.77. The van der Waals surface area contributed by atoms with Gasteiger partial charge in [-0.15, -0.1) is 0 Å². The number of nitro benzene ring substituents is 1. The highest BCUT2D eigenvalue weighted by atomic mass is 16.6. The van der Waals surface area contributed by atoms with Gasteiger partial charge >= 0.3 is 0 Å². The van der Waals surface area contributed by atoms with Crippen molar-refractivity contribution in [1.82, 2.24) is 10.1 Å². The average molecular weight is 256 g/mol. The van der Waals surface area contributed by atoms with Gasteiger partial charge in [-0.1, -0.05) is 5.16 Å². The second kappa shape index (κ2) is 4.05. The first-order valence-corrected chi connectivity index (χ1v) is 5.40. The maximum atomic E-state index is 10.8. The Balaban J connectivity index is 2.27. The van der Waals surface area contributed by atoms with Gasteiger partial charge in [0, 0.05) is 35.8 Å². The van der Waals surface area contributed by atoms with E-state index in [2.05, 4.69) is 10.1 Å². The smallest absolute Gasteiger partial charge is 0.270 e. The largest absolute Gasteiger partial charge is 0.398 e. The number of hydrogen-bond acceptors (Lipinski definition) is 6. The van der Waals surface area contributed by atoms with Crippen LogP contribution in [0.15, 0.2) is 41.2 Å². The number of pyridine rings is 1. The lowest BCUT2D eigenvalue weighted by molar-refractivity contribution is -0.384. The minimum atomic E-state index is -0.469. The zero-order chi connectivity index (χ0) is 13.4. The number of non-ortho nitro benzene ring substituents is 1. The fourth-order valence-electron chi connectivity index (χ4n) is 1.84. The fourth-order valence-corrected chi connectivity index (χ4v) is 1.84. The summed E-state index contributed by atoms with van der Waals surface area (Å²) in [5.41, 5.74) is 7.80. The summed E-state index contributed by atoms with van der Waals surface area (Å²) in [5, 5.41) is 15.2. The molecule has 2 heterocycles. The van der Waals surface area contributed by atoms with Crippen LogP contribution in [-0.2, 0) is 0 Å². The third-order valence-electron chi connectivity index (χ3n) is 2.77. The summed E-state index contributed by atoms with van der Waals surface area (Å²) < 4.78 is 5.14. The van der Waals surface area contributed by atoms with Crippen molar-refractivity contribution in [3.05, 3.63) is 46.8 Å². The lowest BCUT2D eigenvalue weighted by atomic mass is 10.1. The van der Waals surface area contributed by atoms with Crippen molar-refractivity contribution >= 4 is 22.3 Å². The Hall–Kier alpha value is -2.96. The van der Waals surface area contributed by atoms with E-state index in [9.17, 15) is 10.1 Å². The SMILES string of the molecule is Nc1ccncc1-c1noc2ccc([N+](=O)[O-])cc12. The van der Waals surface area contributed by atoms with Crippen molar-refractivity contribution in [1.29, 1.82) is 0 Å². The molecule has 1 aromatic carbocycles. The van der Waals surface area contributed by atoms with Crippen LogP contribution in [0.2, 0.25) is 0 Å². The van der Waals surface area contributed by atoms with Gasteiger partial charge < -0.3 is 10.3 Å². The Morgan fingerprint density at radius 3 is 2.89 bits per heavy atom. The lowest BCUT2D eigenvalue weighted by Crippen LogP contribution is -1.91. The Morgan fingerprint density at radius 2 is 2.16 bits per heavy atom. The molecule has 7 nitrogen and oxygen atoms in total. The molecule has 7 heteroatoms. The molecular formula is C12H8N4O3. The summed E-state index contributed by atoms with van der Waals surface area (Å²) >= 11 is 0. The highest BCUT2D eigenvalue weighted by molar-refractivity contribution is 5.95. The summed E-state index contributed by atoms with van der Waals surface area (Å²) in [5.74, 6) is 0. The van der Waals surface area contributed by atoms with Gasteiger partial charge in [0.15, 0.2) is 5.58 Å². The van der Waals surface area contributed by atoms with Crippen LogP contribution in [0.4, 0.5) is 11.4 Å². The number of hydrogen-bond donors (Lipinski definition) is 1. The van der Waals surface area contributed by atoms with Crippen LogP contribution >= 0.6 is 0 Å². The molecule has 2 aromatic heterocycles. The fraction of sp³-hybridized carbons (Fsp3) is 0. The Kier molecular flexibility index (Phi) is 2.38. The molecule has 0 saturated heterocycles. The van der Waals surface area contributed by atoms with Crippen LogP contribution in [0.3, 0.4) is 0 Å². The molecule has 2 N–H and O–H groups in total. The van der Waals surface area contributed by atoms with Crippen LogP contribution < -0.4 is 5.73 Å². The van der Waals surface area contributed by atoms with E-state index < -0.39 is 4.92 Å². The van der Waals surface area contributed by atoms with E-state index in [4.69, 9.17) is 10.3 Å². The van der Waals surface area contributed by atoms with E-state index in [0.717, 1.165) is 0 Å². The van der Waals surface area contributed by atoms with Crippen LogP contribution in [0.25, 0.3) is 22.2 Å². The Labute approximate surface area is 106 Å². The molecule has 19 heavy (non-hydrogen) atoms. The van der Waals surface area contributed by atoms with Crippen molar-refractivity contribution in [3.8, 4) is 11.3 Å². The topological polar surface area (TPSA) is 108 Å². The summed E-state index contributed by atoms with van der Waals surface area (Å²) in [7, 11) is 0. The quantitative estimate of drug-likeness (QED) is 0.557. The number of nitrogens with two attached hydrogens (primary N) is 1. The van der Waals surface area contributed by atoms with Gasteiger partial charge in [-0.2, -0.15) is 0 Å². The van der Waals surface area contributed by atoms with Gasteiger partial charge in [0.05, 0.1) is 10.3 Å². The summed E-state index contributed by atoms with van der Waals surface area (Å²) in [4.78, 5) is 14.3. The van der Waals surface area contributed by atoms with E-state index >= 15 is 0 Å². The van der Waals surface area contributed by atoms with Crippen LogP contribution in [0, 0.1) is 10.1 Å². The second-order valence-corrected chi connectivity index (χ2v) is 3.93. The first-order valence-electron chi connectivity index (χ1n) is 5.40. The Morgan fingerprint density at radius 1 is 1.32 bits per heavy atom.